The molecule has 0 aliphatic heterocycles. The van der Waals surface area contributed by atoms with Crippen molar-refractivity contribution in [2.75, 3.05) is 6.67 Å². The molecule has 42 heavy (non-hydrogen) atoms. The Balaban J connectivity index is 1.25. The minimum atomic E-state index is -1.07. The van der Waals surface area contributed by atoms with Gasteiger partial charge in [-0.05, 0) is 67.3 Å². The van der Waals surface area contributed by atoms with Gasteiger partial charge in [0.15, 0.2) is 0 Å². The average molecular weight is 573 g/mol. The number of aromatic carboxylic acids is 1. The Morgan fingerprint density at radius 1 is 1.00 bits per heavy atom. The van der Waals surface area contributed by atoms with Gasteiger partial charge in [-0.3, -0.25) is 4.39 Å². The van der Waals surface area contributed by atoms with Crippen LogP contribution in [0.1, 0.15) is 45.7 Å². The van der Waals surface area contributed by atoms with Gasteiger partial charge >= 0.3 is 12.0 Å². The molecule has 6 rings (SSSR count). The Morgan fingerprint density at radius 2 is 1.79 bits per heavy atom. The standard InChI is InChI=1S/C32H27F3N4O3/c1-19-2-3-23(24(34)12-19)16-42-31-36-11-8-26(38-31)21-5-4-20(25(35)13-21)15-29-37-27-7-6-22(30(40)41)14-28(27)39(29)18-32(17-33)9-10-32/h2-8,11-14H,9-10,15-18H2,1H3,(H,40,41). The van der Waals surface area contributed by atoms with Gasteiger partial charge in [-0.25, -0.2) is 23.5 Å². The quantitative estimate of drug-likeness (QED) is 0.200. The molecule has 0 unspecified atom stereocenters. The molecule has 7 nitrogen and oxygen atoms in total. The Morgan fingerprint density at radius 3 is 2.50 bits per heavy atom. The summed E-state index contributed by atoms with van der Waals surface area (Å²) in [5, 5.41) is 9.47. The van der Waals surface area contributed by atoms with E-state index in [1.54, 1.807) is 43.3 Å². The number of ether oxygens (including phenoxy) is 1. The first-order chi connectivity index (χ1) is 20.2. The molecule has 214 valence electrons. The van der Waals surface area contributed by atoms with E-state index >= 15 is 4.39 Å². The van der Waals surface area contributed by atoms with E-state index in [0.717, 1.165) is 18.4 Å². The van der Waals surface area contributed by atoms with Crippen molar-refractivity contribution in [2.24, 2.45) is 5.41 Å². The number of carboxylic acid groups (broad SMARTS) is 1. The van der Waals surface area contributed by atoms with Crippen molar-refractivity contribution in [1.82, 2.24) is 19.5 Å². The third-order valence-corrected chi connectivity index (χ3v) is 7.70. The van der Waals surface area contributed by atoms with E-state index in [2.05, 4.69) is 15.0 Å². The van der Waals surface area contributed by atoms with Crippen molar-refractivity contribution >= 4 is 17.0 Å². The summed E-state index contributed by atoms with van der Waals surface area (Å²) in [6.45, 7) is 1.60. The van der Waals surface area contributed by atoms with Crippen LogP contribution in [0.3, 0.4) is 0 Å². The van der Waals surface area contributed by atoms with Crippen molar-refractivity contribution in [1.29, 1.82) is 0 Å². The lowest BCUT2D eigenvalue weighted by atomic mass is 10.0. The molecule has 0 amide bonds. The van der Waals surface area contributed by atoms with Gasteiger partial charge in [0.25, 0.3) is 0 Å². The third-order valence-electron chi connectivity index (χ3n) is 7.70. The Hall–Kier alpha value is -4.73. The fourth-order valence-corrected chi connectivity index (χ4v) is 4.97. The van der Waals surface area contributed by atoms with Gasteiger partial charge in [0.2, 0.25) is 0 Å². The predicted molar refractivity (Wildman–Crippen MR) is 150 cm³/mol. The van der Waals surface area contributed by atoms with Crippen LogP contribution in [0.2, 0.25) is 0 Å². The number of hydrogen-bond acceptors (Lipinski definition) is 5. The molecule has 2 aromatic heterocycles. The molecule has 0 saturated heterocycles. The zero-order chi connectivity index (χ0) is 29.4. The molecule has 3 aromatic carbocycles. The maximum absolute atomic E-state index is 15.5. The SMILES string of the molecule is Cc1ccc(COc2nccc(-c3ccc(Cc4nc5ccc(C(=O)O)cc5n4CC4(CF)CC4)c(F)c3)n2)c(F)c1. The molecular formula is C32H27F3N4O3. The number of aromatic nitrogens is 4. The molecule has 1 aliphatic carbocycles. The van der Waals surface area contributed by atoms with E-state index in [0.29, 0.717) is 45.8 Å². The number of fused-ring (bicyclic) bond motifs is 1. The number of rotatable bonds is 10. The minimum Gasteiger partial charge on any atom is -0.478 e. The van der Waals surface area contributed by atoms with Crippen molar-refractivity contribution in [3.63, 3.8) is 0 Å². The second-order valence-corrected chi connectivity index (χ2v) is 10.8. The molecule has 1 fully saturated rings. The van der Waals surface area contributed by atoms with Gasteiger partial charge in [-0.2, -0.15) is 4.98 Å². The maximum Gasteiger partial charge on any atom is 0.335 e. The van der Waals surface area contributed by atoms with Crippen LogP contribution >= 0.6 is 0 Å². The van der Waals surface area contributed by atoms with E-state index in [-0.39, 0.29) is 30.4 Å². The molecular weight excluding hydrogens is 545 g/mol. The highest BCUT2D eigenvalue weighted by molar-refractivity contribution is 5.92. The zero-order valence-electron chi connectivity index (χ0n) is 22.8. The number of imidazole rings is 1. The molecule has 2 heterocycles. The highest BCUT2D eigenvalue weighted by atomic mass is 19.1. The lowest BCUT2D eigenvalue weighted by Gasteiger charge is -2.16. The summed E-state index contributed by atoms with van der Waals surface area (Å²) in [5.41, 5.74) is 3.24. The molecule has 5 aromatic rings. The average Bonchev–Trinajstić information content (AvgIpc) is 3.68. The van der Waals surface area contributed by atoms with E-state index < -0.39 is 23.9 Å². The fourth-order valence-electron chi connectivity index (χ4n) is 4.97. The molecule has 1 N–H and O–H groups in total. The van der Waals surface area contributed by atoms with E-state index in [1.165, 1.54) is 30.5 Å². The van der Waals surface area contributed by atoms with Crippen LogP contribution in [0.5, 0.6) is 6.01 Å². The number of benzene rings is 3. The topological polar surface area (TPSA) is 90.1 Å². The summed E-state index contributed by atoms with van der Waals surface area (Å²) < 4.78 is 50.9. The van der Waals surface area contributed by atoms with E-state index in [9.17, 15) is 18.7 Å². The van der Waals surface area contributed by atoms with Crippen LogP contribution in [0.4, 0.5) is 13.2 Å². The summed E-state index contributed by atoms with van der Waals surface area (Å²) in [5.74, 6) is -1.40. The van der Waals surface area contributed by atoms with Gasteiger partial charge in [-0.15, -0.1) is 0 Å². The van der Waals surface area contributed by atoms with E-state index in [1.807, 2.05) is 4.57 Å². The second kappa shape index (κ2) is 10.9. The smallest absolute Gasteiger partial charge is 0.335 e. The van der Waals surface area contributed by atoms with Crippen LogP contribution in [0, 0.1) is 24.0 Å². The first-order valence-corrected chi connectivity index (χ1v) is 13.5. The van der Waals surface area contributed by atoms with Gasteiger partial charge < -0.3 is 14.4 Å². The number of halogens is 3. The van der Waals surface area contributed by atoms with Crippen LogP contribution in [0.15, 0.2) is 66.9 Å². The summed E-state index contributed by atoms with van der Waals surface area (Å²) in [7, 11) is 0. The van der Waals surface area contributed by atoms with Gasteiger partial charge in [0, 0.05) is 35.7 Å². The monoisotopic (exact) mass is 572 g/mol. The fraction of sp³-hybridized carbons (Fsp3) is 0.250. The van der Waals surface area contributed by atoms with Gasteiger partial charge in [0.05, 0.1) is 29.0 Å². The Bertz CT molecular complexity index is 1820. The summed E-state index contributed by atoms with van der Waals surface area (Å²) in [6.07, 6.45) is 3.08. The molecule has 1 saturated carbocycles. The van der Waals surface area contributed by atoms with Crippen LogP contribution in [0.25, 0.3) is 22.3 Å². The van der Waals surface area contributed by atoms with Gasteiger partial charge in [-0.1, -0.05) is 24.3 Å². The summed E-state index contributed by atoms with van der Waals surface area (Å²) in [6, 6.07) is 15.9. The van der Waals surface area contributed by atoms with Crippen LogP contribution in [-0.4, -0.2) is 37.3 Å². The van der Waals surface area contributed by atoms with Crippen molar-refractivity contribution in [3.05, 3.63) is 107 Å². The normalized spacial score (nSPS) is 13.8. The second-order valence-electron chi connectivity index (χ2n) is 10.8. The van der Waals surface area contributed by atoms with Crippen LogP contribution < -0.4 is 4.74 Å². The molecule has 0 bridgehead atoms. The number of aryl methyl sites for hydroxylation is 1. The molecule has 1 aliphatic rings. The maximum atomic E-state index is 15.5. The molecule has 0 radical (unpaired) electrons. The van der Waals surface area contributed by atoms with Crippen molar-refractivity contribution < 1.29 is 27.8 Å². The van der Waals surface area contributed by atoms with E-state index in [4.69, 9.17) is 4.74 Å². The molecule has 0 spiro atoms. The third kappa shape index (κ3) is 5.57. The van der Waals surface area contributed by atoms with Crippen LogP contribution in [-0.2, 0) is 19.6 Å². The number of alkyl halides is 1. The number of nitrogens with zero attached hydrogens (tertiary/aromatic N) is 4. The van der Waals surface area contributed by atoms with Gasteiger partial charge in [0.1, 0.15) is 24.1 Å². The van der Waals surface area contributed by atoms with Crippen molar-refractivity contribution in [2.45, 2.75) is 39.3 Å². The number of carbonyl (C=O) groups is 1. The number of hydrogen-bond donors (Lipinski definition) is 1. The number of carboxylic acids is 1. The molecule has 0 atom stereocenters. The highest BCUT2D eigenvalue weighted by Gasteiger charge is 2.43. The minimum absolute atomic E-state index is 0.0354. The highest BCUT2D eigenvalue weighted by Crippen LogP contribution is 2.48. The first-order valence-electron chi connectivity index (χ1n) is 13.5. The summed E-state index contributed by atoms with van der Waals surface area (Å²) >= 11 is 0. The Labute approximate surface area is 239 Å². The Kier molecular flexibility index (Phi) is 7.14. The largest absolute Gasteiger partial charge is 0.478 e. The first kappa shape index (κ1) is 27.4. The zero-order valence-corrected chi connectivity index (χ0v) is 22.8. The van der Waals surface area contributed by atoms with Crippen molar-refractivity contribution in [3.8, 4) is 17.3 Å². The lowest BCUT2D eigenvalue weighted by molar-refractivity contribution is 0.0697. The molecule has 10 heteroatoms. The summed E-state index contributed by atoms with van der Waals surface area (Å²) in [4.78, 5) is 24.7. The lowest BCUT2D eigenvalue weighted by Crippen LogP contribution is -2.16. The predicted octanol–water partition coefficient (Wildman–Crippen LogP) is 6.70.